The number of hydrogen-bond acceptors (Lipinski definition) is 5. The molecule has 0 aliphatic carbocycles. The second-order valence-corrected chi connectivity index (χ2v) is 21.7. The largest absolute Gasteiger partial charge is 0.466 e. The third-order valence-corrected chi connectivity index (χ3v) is 14.5. The van der Waals surface area contributed by atoms with E-state index in [1.807, 2.05) is 6.08 Å². The zero-order valence-electron chi connectivity index (χ0n) is 48.6. The van der Waals surface area contributed by atoms with Crippen LogP contribution >= 0.6 is 0 Å². The van der Waals surface area contributed by atoms with Crippen LogP contribution in [0.1, 0.15) is 328 Å². The molecular formula is C67H123NO5. The van der Waals surface area contributed by atoms with Gasteiger partial charge in [0, 0.05) is 12.8 Å². The minimum Gasteiger partial charge on any atom is -0.466 e. The molecule has 2 unspecified atom stereocenters. The summed E-state index contributed by atoms with van der Waals surface area (Å²) < 4.78 is 5.46. The van der Waals surface area contributed by atoms with E-state index in [-0.39, 0.29) is 18.5 Å². The molecule has 1 amide bonds. The number of unbranched alkanes of at least 4 members (excludes halogenated alkanes) is 40. The fourth-order valence-corrected chi connectivity index (χ4v) is 9.58. The highest BCUT2D eigenvalue weighted by atomic mass is 16.5. The van der Waals surface area contributed by atoms with Gasteiger partial charge in [-0.1, -0.05) is 274 Å². The molecular weight excluding hydrogens is 899 g/mol. The fourth-order valence-electron chi connectivity index (χ4n) is 9.58. The molecule has 0 heterocycles. The predicted molar refractivity (Wildman–Crippen MR) is 319 cm³/mol. The minimum atomic E-state index is -0.858. The molecule has 0 spiro atoms. The molecule has 0 rings (SSSR count). The second-order valence-electron chi connectivity index (χ2n) is 21.7. The lowest BCUT2D eigenvalue weighted by Gasteiger charge is -2.20. The van der Waals surface area contributed by atoms with Gasteiger partial charge in [0.1, 0.15) is 0 Å². The standard InChI is InChI=1S/C67H123NO5/c1-3-5-7-9-11-13-15-17-19-21-23-24-25-27-31-35-39-43-47-51-55-59-65(70)64(63-69)68-66(71)60-56-52-48-44-40-36-32-28-26-30-34-38-42-46-50-54-58-62-73-67(72)61-57-53-49-45-41-37-33-29-22-20-18-16-14-12-10-8-6-4-2/h14,16,20,22,26,30,38,42,55,59,64-65,69-70H,3-13,15,17-19,21,23-25,27-29,31-37,39-41,43-54,56-58,60-63H2,1-2H3,(H,68,71)/b16-14-,22-20-,30-26-,42-38-,59-55+. The van der Waals surface area contributed by atoms with E-state index >= 15 is 0 Å². The van der Waals surface area contributed by atoms with Gasteiger partial charge in [0.2, 0.25) is 5.91 Å². The Hall–Kier alpha value is -2.44. The van der Waals surface area contributed by atoms with Crippen LogP contribution in [0.15, 0.2) is 60.8 Å². The first kappa shape index (κ1) is 70.6. The highest BCUT2D eigenvalue weighted by Gasteiger charge is 2.18. The van der Waals surface area contributed by atoms with Crippen molar-refractivity contribution in [2.75, 3.05) is 13.2 Å². The number of carbonyl (C=O) groups is 2. The van der Waals surface area contributed by atoms with Gasteiger partial charge in [-0.25, -0.2) is 0 Å². The van der Waals surface area contributed by atoms with Crippen molar-refractivity contribution in [1.29, 1.82) is 0 Å². The first-order valence-corrected chi connectivity index (χ1v) is 32.1. The van der Waals surface area contributed by atoms with E-state index < -0.39 is 12.1 Å². The van der Waals surface area contributed by atoms with Gasteiger partial charge in [-0.15, -0.1) is 0 Å². The molecule has 2 atom stereocenters. The Balaban J connectivity index is 3.53. The molecule has 0 aromatic rings. The van der Waals surface area contributed by atoms with E-state index in [1.54, 1.807) is 6.08 Å². The maximum Gasteiger partial charge on any atom is 0.305 e. The van der Waals surface area contributed by atoms with Gasteiger partial charge >= 0.3 is 5.97 Å². The number of rotatable bonds is 59. The molecule has 0 aromatic carbocycles. The lowest BCUT2D eigenvalue weighted by atomic mass is 10.0. The molecule has 0 saturated carbocycles. The van der Waals surface area contributed by atoms with Crippen molar-refractivity contribution in [3.05, 3.63) is 60.8 Å². The number of aliphatic hydroxyl groups excluding tert-OH is 2. The van der Waals surface area contributed by atoms with Crippen LogP contribution in [-0.4, -0.2) is 47.4 Å². The predicted octanol–water partition coefficient (Wildman–Crippen LogP) is 20.3. The smallest absolute Gasteiger partial charge is 0.305 e. The number of allylic oxidation sites excluding steroid dienone is 9. The fraction of sp³-hybridized carbons (Fsp3) is 0.821. The molecule has 0 aromatic heterocycles. The van der Waals surface area contributed by atoms with Crippen molar-refractivity contribution < 1.29 is 24.5 Å². The summed E-state index contributed by atoms with van der Waals surface area (Å²) in [5.74, 6) is -0.107. The average molecular weight is 1020 g/mol. The van der Waals surface area contributed by atoms with Crippen molar-refractivity contribution in [3.8, 4) is 0 Å². The number of nitrogens with one attached hydrogen (secondary N) is 1. The van der Waals surface area contributed by atoms with Crippen LogP contribution < -0.4 is 5.32 Å². The number of amides is 1. The van der Waals surface area contributed by atoms with Gasteiger partial charge in [0.25, 0.3) is 0 Å². The van der Waals surface area contributed by atoms with Crippen molar-refractivity contribution >= 4 is 11.9 Å². The summed E-state index contributed by atoms with van der Waals surface area (Å²) in [6.45, 7) is 4.85. The van der Waals surface area contributed by atoms with Gasteiger partial charge in [-0.3, -0.25) is 9.59 Å². The number of ether oxygens (including phenoxy) is 1. The first-order valence-electron chi connectivity index (χ1n) is 32.1. The topological polar surface area (TPSA) is 95.9 Å². The second kappa shape index (κ2) is 62.1. The SMILES string of the molecule is CCCCCC/C=C\C/C=C\CCCCCCCCCC(=O)OCCCCC/C=C\C/C=C\CCCCCCCCCC(=O)NC(CO)C(O)/C=C/CCCCCCCCCCCCCCCCCCCCC. The molecule has 0 aliphatic heterocycles. The van der Waals surface area contributed by atoms with Crippen LogP contribution in [0.3, 0.4) is 0 Å². The lowest BCUT2D eigenvalue weighted by Crippen LogP contribution is -2.45. The van der Waals surface area contributed by atoms with E-state index in [0.29, 0.717) is 19.4 Å². The summed E-state index contributed by atoms with van der Waals surface area (Å²) in [7, 11) is 0. The van der Waals surface area contributed by atoms with Gasteiger partial charge in [0.15, 0.2) is 0 Å². The molecule has 0 radical (unpaired) electrons. The van der Waals surface area contributed by atoms with Gasteiger partial charge in [-0.05, 0) is 103 Å². The maximum absolute atomic E-state index is 12.5. The molecule has 73 heavy (non-hydrogen) atoms. The molecule has 0 saturated heterocycles. The first-order chi connectivity index (χ1) is 36.0. The zero-order chi connectivity index (χ0) is 52.9. The number of aliphatic hydroxyl groups is 2. The highest BCUT2D eigenvalue weighted by Crippen LogP contribution is 2.17. The summed E-state index contributed by atoms with van der Waals surface area (Å²) in [5.41, 5.74) is 0. The third-order valence-electron chi connectivity index (χ3n) is 14.5. The molecule has 6 heteroatoms. The van der Waals surface area contributed by atoms with Crippen LogP contribution in [0.4, 0.5) is 0 Å². The maximum atomic E-state index is 12.5. The molecule has 6 nitrogen and oxygen atoms in total. The van der Waals surface area contributed by atoms with Crippen LogP contribution in [0.5, 0.6) is 0 Å². The van der Waals surface area contributed by atoms with E-state index in [4.69, 9.17) is 4.74 Å². The monoisotopic (exact) mass is 1020 g/mol. The van der Waals surface area contributed by atoms with Crippen molar-refractivity contribution in [3.63, 3.8) is 0 Å². The average Bonchev–Trinajstić information content (AvgIpc) is 3.39. The summed E-state index contributed by atoms with van der Waals surface area (Å²) in [6.07, 6.45) is 81.2. The molecule has 426 valence electrons. The minimum absolute atomic E-state index is 0.0239. The summed E-state index contributed by atoms with van der Waals surface area (Å²) in [6, 6.07) is -0.643. The van der Waals surface area contributed by atoms with E-state index in [1.165, 1.54) is 212 Å². The zero-order valence-corrected chi connectivity index (χ0v) is 48.6. The summed E-state index contributed by atoms with van der Waals surface area (Å²) >= 11 is 0. The molecule has 0 bridgehead atoms. The Morgan fingerprint density at radius 3 is 1.05 bits per heavy atom. The van der Waals surface area contributed by atoms with Gasteiger partial charge < -0.3 is 20.3 Å². The van der Waals surface area contributed by atoms with Crippen LogP contribution in [-0.2, 0) is 14.3 Å². The van der Waals surface area contributed by atoms with E-state index in [0.717, 1.165) is 89.9 Å². The Kier molecular flexibility index (Phi) is 60.0. The number of hydrogen-bond donors (Lipinski definition) is 3. The molecule has 0 fully saturated rings. The highest BCUT2D eigenvalue weighted by molar-refractivity contribution is 5.76. The summed E-state index contributed by atoms with van der Waals surface area (Å²) in [5, 5.41) is 23.2. The number of esters is 1. The van der Waals surface area contributed by atoms with Crippen molar-refractivity contribution in [2.24, 2.45) is 0 Å². The van der Waals surface area contributed by atoms with Crippen molar-refractivity contribution in [2.45, 2.75) is 341 Å². The Bertz CT molecular complexity index is 1270. The van der Waals surface area contributed by atoms with Gasteiger partial charge in [0.05, 0.1) is 25.4 Å². The number of carbonyl (C=O) groups excluding carboxylic acids is 2. The lowest BCUT2D eigenvalue weighted by molar-refractivity contribution is -0.143. The van der Waals surface area contributed by atoms with Crippen LogP contribution in [0, 0.1) is 0 Å². The van der Waals surface area contributed by atoms with E-state index in [9.17, 15) is 19.8 Å². The quantitative estimate of drug-likeness (QED) is 0.0320. The normalized spacial score (nSPS) is 13.0. The van der Waals surface area contributed by atoms with E-state index in [2.05, 4.69) is 67.8 Å². The van der Waals surface area contributed by atoms with Crippen molar-refractivity contribution in [1.82, 2.24) is 5.32 Å². The van der Waals surface area contributed by atoms with Gasteiger partial charge in [-0.2, -0.15) is 0 Å². The third kappa shape index (κ3) is 58.7. The Morgan fingerprint density at radius 2 is 0.685 bits per heavy atom. The summed E-state index contributed by atoms with van der Waals surface area (Å²) in [4.78, 5) is 24.6. The molecule has 0 aliphatic rings. The van der Waals surface area contributed by atoms with Crippen LogP contribution in [0.25, 0.3) is 0 Å². The Labute approximate surface area is 454 Å². The molecule has 3 N–H and O–H groups in total. The van der Waals surface area contributed by atoms with Crippen LogP contribution in [0.2, 0.25) is 0 Å². The Morgan fingerprint density at radius 1 is 0.384 bits per heavy atom.